The van der Waals surface area contributed by atoms with E-state index in [4.69, 9.17) is 5.11 Å². The normalized spacial score (nSPS) is 23.4. The summed E-state index contributed by atoms with van der Waals surface area (Å²) in [6.45, 7) is 0.935. The number of amides is 1. The first-order valence-electron chi connectivity index (χ1n) is 6.66. The molecule has 1 aliphatic heterocycles. The van der Waals surface area contributed by atoms with Gasteiger partial charge in [0.05, 0.1) is 6.10 Å². The van der Waals surface area contributed by atoms with E-state index < -0.39 is 6.10 Å². The average molecular weight is 264 g/mol. The minimum atomic E-state index is -0.610. The van der Waals surface area contributed by atoms with Crippen molar-refractivity contribution in [1.29, 1.82) is 0 Å². The van der Waals surface area contributed by atoms with Crippen LogP contribution in [-0.2, 0) is 11.2 Å². The highest BCUT2D eigenvalue weighted by Gasteiger charge is 2.29. The topological polar surface area (TPSA) is 73.7 Å². The number of carbonyl (C=O) groups is 1. The van der Waals surface area contributed by atoms with E-state index in [1.54, 1.807) is 17.3 Å². The molecule has 1 amide bonds. The van der Waals surface area contributed by atoms with Crippen molar-refractivity contribution in [1.82, 2.24) is 9.88 Å². The number of β-amino-alcohol motifs (C(OH)–C–C–N with tert-alkyl or cyclic N) is 1. The molecule has 0 radical (unpaired) electrons. The van der Waals surface area contributed by atoms with Gasteiger partial charge in [-0.3, -0.25) is 9.78 Å². The van der Waals surface area contributed by atoms with Crippen molar-refractivity contribution < 1.29 is 15.0 Å². The first kappa shape index (κ1) is 14.0. The molecule has 5 heteroatoms. The number of nitrogens with zero attached hydrogens (tertiary/aromatic N) is 2. The zero-order valence-corrected chi connectivity index (χ0v) is 10.9. The van der Waals surface area contributed by atoms with Gasteiger partial charge in [0.15, 0.2) is 0 Å². The fourth-order valence-corrected chi connectivity index (χ4v) is 2.38. The molecule has 1 aromatic rings. The van der Waals surface area contributed by atoms with Crippen molar-refractivity contribution >= 4 is 5.91 Å². The molecule has 0 saturated carbocycles. The molecule has 19 heavy (non-hydrogen) atoms. The summed E-state index contributed by atoms with van der Waals surface area (Å²) >= 11 is 0. The standard InChI is InChI=1S/C14H20N2O3/c17-10-12-5-7-16(9-13(12)18)14(19)4-3-11-2-1-6-15-8-11/h1-2,6,8,12-13,17-18H,3-5,7,9-10H2/t12-,13-/m0/s1. The Balaban J connectivity index is 1.81. The summed E-state index contributed by atoms with van der Waals surface area (Å²) in [7, 11) is 0. The SMILES string of the molecule is O=C(CCc1cccnc1)N1CC[C@@H](CO)[C@@H](O)C1. The summed E-state index contributed by atoms with van der Waals surface area (Å²) in [6.07, 6.45) is 4.63. The summed E-state index contributed by atoms with van der Waals surface area (Å²) < 4.78 is 0. The Kier molecular flexibility index (Phi) is 4.87. The van der Waals surface area contributed by atoms with Crippen LogP contribution in [0.4, 0.5) is 0 Å². The highest BCUT2D eigenvalue weighted by atomic mass is 16.3. The van der Waals surface area contributed by atoms with E-state index in [9.17, 15) is 9.90 Å². The lowest BCUT2D eigenvalue weighted by atomic mass is 9.94. The summed E-state index contributed by atoms with van der Waals surface area (Å²) in [6, 6.07) is 3.81. The summed E-state index contributed by atoms with van der Waals surface area (Å²) in [5, 5.41) is 18.9. The van der Waals surface area contributed by atoms with Crippen LogP contribution in [0.25, 0.3) is 0 Å². The van der Waals surface area contributed by atoms with Crippen LogP contribution in [0.15, 0.2) is 24.5 Å². The molecule has 0 unspecified atom stereocenters. The predicted octanol–water partition coefficient (Wildman–Crippen LogP) is 0.216. The van der Waals surface area contributed by atoms with Crippen molar-refractivity contribution in [3.8, 4) is 0 Å². The minimum Gasteiger partial charge on any atom is -0.396 e. The van der Waals surface area contributed by atoms with Gasteiger partial charge in [0.25, 0.3) is 0 Å². The third kappa shape index (κ3) is 3.75. The van der Waals surface area contributed by atoms with Gasteiger partial charge in [0.2, 0.25) is 5.91 Å². The molecule has 0 spiro atoms. The third-order valence-corrected chi connectivity index (χ3v) is 3.66. The number of rotatable bonds is 4. The zero-order valence-electron chi connectivity index (χ0n) is 10.9. The van der Waals surface area contributed by atoms with Gasteiger partial charge in [-0.05, 0) is 24.5 Å². The second-order valence-corrected chi connectivity index (χ2v) is 5.00. The first-order valence-corrected chi connectivity index (χ1v) is 6.66. The quantitative estimate of drug-likeness (QED) is 0.815. The third-order valence-electron chi connectivity index (χ3n) is 3.66. The van der Waals surface area contributed by atoms with Crippen LogP contribution < -0.4 is 0 Å². The molecule has 1 aliphatic rings. The molecule has 5 nitrogen and oxygen atoms in total. The fraction of sp³-hybridized carbons (Fsp3) is 0.571. The van der Waals surface area contributed by atoms with E-state index in [-0.39, 0.29) is 18.4 Å². The molecule has 1 aromatic heterocycles. The van der Waals surface area contributed by atoms with E-state index in [2.05, 4.69) is 4.98 Å². The molecule has 2 atom stereocenters. The lowest BCUT2D eigenvalue weighted by Gasteiger charge is -2.35. The summed E-state index contributed by atoms with van der Waals surface area (Å²) in [4.78, 5) is 17.7. The van der Waals surface area contributed by atoms with Crippen LogP contribution in [-0.4, -0.2) is 51.8 Å². The summed E-state index contributed by atoms with van der Waals surface area (Å²) in [5.74, 6) is -0.0401. The van der Waals surface area contributed by atoms with Gasteiger partial charge >= 0.3 is 0 Å². The Labute approximate surface area is 112 Å². The van der Waals surface area contributed by atoms with Crippen molar-refractivity contribution in [2.24, 2.45) is 5.92 Å². The number of hydrogen-bond acceptors (Lipinski definition) is 4. The molecule has 0 bridgehead atoms. The Morgan fingerprint density at radius 2 is 2.37 bits per heavy atom. The lowest BCUT2D eigenvalue weighted by Crippen LogP contribution is -2.47. The van der Waals surface area contributed by atoms with Crippen LogP contribution in [0.1, 0.15) is 18.4 Å². The highest BCUT2D eigenvalue weighted by Crippen LogP contribution is 2.18. The van der Waals surface area contributed by atoms with E-state index in [1.807, 2.05) is 12.1 Å². The van der Waals surface area contributed by atoms with Crippen molar-refractivity contribution in [3.05, 3.63) is 30.1 Å². The number of aliphatic hydroxyl groups excluding tert-OH is 2. The van der Waals surface area contributed by atoms with Crippen LogP contribution in [0.5, 0.6) is 0 Å². The molecule has 2 rings (SSSR count). The Hall–Kier alpha value is -1.46. The van der Waals surface area contributed by atoms with Gasteiger partial charge in [-0.2, -0.15) is 0 Å². The maximum atomic E-state index is 12.0. The molecule has 0 aliphatic carbocycles. The predicted molar refractivity (Wildman–Crippen MR) is 70.3 cm³/mol. The Morgan fingerprint density at radius 1 is 1.53 bits per heavy atom. The fourth-order valence-electron chi connectivity index (χ4n) is 2.38. The molecule has 1 saturated heterocycles. The van der Waals surface area contributed by atoms with Gasteiger partial charge in [-0.25, -0.2) is 0 Å². The smallest absolute Gasteiger partial charge is 0.222 e. The van der Waals surface area contributed by atoms with Gasteiger partial charge in [-0.1, -0.05) is 6.07 Å². The number of piperidine rings is 1. The number of carbonyl (C=O) groups excluding carboxylic acids is 1. The zero-order chi connectivity index (χ0) is 13.7. The summed E-state index contributed by atoms with van der Waals surface area (Å²) in [5.41, 5.74) is 1.04. The highest BCUT2D eigenvalue weighted by molar-refractivity contribution is 5.76. The van der Waals surface area contributed by atoms with Gasteiger partial charge < -0.3 is 15.1 Å². The van der Waals surface area contributed by atoms with Gasteiger partial charge in [-0.15, -0.1) is 0 Å². The molecule has 2 heterocycles. The van der Waals surface area contributed by atoms with Crippen LogP contribution in [0.3, 0.4) is 0 Å². The van der Waals surface area contributed by atoms with E-state index in [1.165, 1.54) is 0 Å². The maximum Gasteiger partial charge on any atom is 0.222 e. The van der Waals surface area contributed by atoms with Crippen molar-refractivity contribution in [2.75, 3.05) is 19.7 Å². The Bertz CT molecular complexity index is 410. The van der Waals surface area contributed by atoms with Crippen LogP contribution in [0.2, 0.25) is 0 Å². The van der Waals surface area contributed by atoms with E-state index >= 15 is 0 Å². The molecule has 1 fully saturated rings. The number of aromatic nitrogens is 1. The molecular weight excluding hydrogens is 244 g/mol. The van der Waals surface area contributed by atoms with E-state index in [0.717, 1.165) is 5.56 Å². The lowest BCUT2D eigenvalue weighted by molar-refractivity contribution is -0.136. The van der Waals surface area contributed by atoms with E-state index in [0.29, 0.717) is 32.4 Å². The van der Waals surface area contributed by atoms with Crippen LogP contribution >= 0.6 is 0 Å². The number of aryl methyl sites for hydroxylation is 1. The van der Waals surface area contributed by atoms with Gasteiger partial charge in [0, 0.05) is 44.4 Å². The second-order valence-electron chi connectivity index (χ2n) is 5.00. The second kappa shape index (κ2) is 6.63. The number of pyridine rings is 1. The van der Waals surface area contributed by atoms with Gasteiger partial charge in [0.1, 0.15) is 0 Å². The number of hydrogen-bond donors (Lipinski definition) is 2. The van der Waals surface area contributed by atoms with Crippen LogP contribution in [0, 0.1) is 5.92 Å². The minimum absolute atomic E-state index is 0.0150. The maximum absolute atomic E-state index is 12.0. The van der Waals surface area contributed by atoms with Crippen molar-refractivity contribution in [2.45, 2.75) is 25.4 Å². The monoisotopic (exact) mass is 264 g/mol. The average Bonchev–Trinajstić information content (AvgIpc) is 2.45. The first-order chi connectivity index (χ1) is 9.20. The molecule has 0 aromatic carbocycles. The molecule has 104 valence electrons. The number of likely N-dealkylation sites (tertiary alicyclic amines) is 1. The molecular formula is C14H20N2O3. The number of aliphatic hydroxyl groups is 2. The molecule has 2 N–H and O–H groups in total. The van der Waals surface area contributed by atoms with Crippen molar-refractivity contribution in [3.63, 3.8) is 0 Å². The largest absolute Gasteiger partial charge is 0.396 e. The Morgan fingerprint density at radius 3 is 3.00 bits per heavy atom.